The van der Waals surface area contributed by atoms with Crippen molar-refractivity contribution >= 4 is 34.3 Å². The minimum absolute atomic E-state index is 0.0931. The molecule has 0 amide bonds. The van der Waals surface area contributed by atoms with Crippen molar-refractivity contribution in [1.82, 2.24) is 4.57 Å². The highest BCUT2D eigenvalue weighted by atomic mass is 32.2. The smallest absolute Gasteiger partial charge is 0.342 e. The standard InChI is InChI=1S/C18H18FN3O4S/c19-10-5-8-14(22-3-4-27-17(22)13(16(8)23)18(24)25)9-6-26-7-12-11(20)1-2-21(12)15(9)10/h5,11-12H,1-4,6-7,20H2,(H,24,25). The number of aromatic carboxylic acids is 1. The largest absolute Gasteiger partial charge is 0.477 e. The number of nitrogens with zero attached hydrogens (tertiary/aromatic N) is 2. The van der Waals surface area contributed by atoms with Gasteiger partial charge in [-0.25, -0.2) is 9.18 Å². The van der Waals surface area contributed by atoms with E-state index in [-0.39, 0.29) is 29.6 Å². The number of thioether (sulfide) groups is 1. The SMILES string of the molecule is NC1CCN2c3c(F)cc4c(=O)c(C(=O)O)c5n(c4c3COCC12)CCS5. The fraction of sp³-hybridized carbons (Fsp3) is 0.444. The number of hydrogen-bond acceptors (Lipinski definition) is 6. The van der Waals surface area contributed by atoms with E-state index >= 15 is 4.39 Å². The molecular weight excluding hydrogens is 373 g/mol. The number of aryl methyl sites for hydroxylation is 1. The number of carboxylic acids is 1. The van der Waals surface area contributed by atoms with Gasteiger partial charge in [-0.05, 0) is 12.5 Å². The first-order valence-corrected chi connectivity index (χ1v) is 9.85. The zero-order chi connectivity index (χ0) is 18.9. The summed E-state index contributed by atoms with van der Waals surface area (Å²) in [4.78, 5) is 26.5. The van der Waals surface area contributed by atoms with Gasteiger partial charge in [0, 0.05) is 30.4 Å². The maximum absolute atomic E-state index is 15.2. The van der Waals surface area contributed by atoms with Crippen LogP contribution in [-0.2, 0) is 17.9 Å². The van der Waals surface area contributed by atoms with Crippen LogP contribution >= 0.6 is 11.8 Å². The number of carboxylic acid groups (broad SMARTS) is 1. The Kier molecular flexibility index (Phi) is 3.75. The van der Waals surface area contributed by atoms with Crippen LogP contribution in [0.15, 0.2) is 15.9 Å². The third-order valence-electron chi connectivity index (χ3n) is 5.71. The first-order chi connectivity index (χ1) is 13.0. The molecule has 1 fully saturated rings. The first kappa shape index (κ1) is 17.0. The molecule has 27 heavy (non-hydrogen) atoms. The Bertz CT molecular complexity index is 1050. The zero-order valence-electron chi connectivity index (χ0n) is 14.4. The van der Waals surface area contributed by atoms with Crippen molar-refractivity contribution in [3.8, 4) is 0 Å². The topological polar surface area (TPSA) is 97.8 Å². The lowest BCUT2D eigenvalue weighted by atomic mass is 10.0. The molecule has 7 nitrogen and oxygen atoms in total. The molecule has 0 saturated carbocycles. The van der Waals surface area contributed by atoms with Crippen molar-refractivity contribution in [3.05, 3.63) is 33.2 Å². The summed E-state index contributed by atoms with van der Waals surface area (Å²) in [5, 5.41) is 10.1. The Balaban J connectivity index is 1.89. The Morgan fingerprint density at radius 2 is 2.22 bits per heavy atom. The highest BCUT2D eigenvalue weighted by molar-refractivity contribution is 7.99. The summed E-state index contributed by atoms with van der Waals surface area (Å²) >= 11 is 1.35. The number of halogens is 1. The van der Waals surface area contributed by atoms with Crippen molar-refractivity contribution in [2.45, 2.75) is 36.7 Å². The minimum atomic E-state index is -1.28. The first-order valence-electron chi connectivity index (χ1n) is 8.87. The van der Waals surface area contributed by atoms with E-state index in [4.69, 9.17) is 10.5 Å². The van der Waals surface area contributed by atoms with Gasteiger partial charge >= 0.3 is 5.97 Å². The molecule has 0 aliphatic carbocycles. The predicted molar refractivity (Wildman–Crippen MR) is 99.2 cm³/mol. The maximum atomic E-state index is 15.2. The molecule has 2 aromatic rings. The highest BCUT2D eigenvalue weighted by Crippen LogP contribution is 2.40. The second-order valence-corrected chi connectivity index (χ2v) is 8.21. The second-order valence-electron chi connectivity index (χ2n) is 7.12. The lowest BCUT2D eigenvalue weighted by molar-refractivity contribution is 0.0690. The molecule has 4 heterocycles. The van der Waals surface area contributed by atoms with Crippen LogP contribution in [0.2, 0.25) is 0 Å². The summed E-state index contributed by atoms with van der Waals surface area (Å²) < 4.78 is 22.8. The summed E-state index contributed by atoms with van der Waals surface area (Å²) in [6.07, 6.45) is 0.747. The molecule has 3 N–H and O–H groups in total. The van der Waals surface area contributed by atoms with Gasteiger partial charge in [-0.3, -0.25) is 4.79 Å². The van der Waals surface area contributed by atoms with Gasteiger partial charge in [0.05, 0.1) is 40.9 Å². The van der Waals surface area contributed by atoms with Gasteiger partial charge in [-0.15, -0.1) is 11.8 Å². The monoisotopic (exact) mass is 391 g/mol. The molecule has 0 bridgehead atoms. The van der Waals surface area contributed by atoms with Crippen LogP contribution in [-0.4, -0.2) is 46.6 Å². The van der Waals surface area contributed by atoms with Crippen LogP contribution in [0, 0.1) is 5.82 Å². The molecular formula is C18H18FN3O4S. The quantitative estimate of drug-likeness (QED) is 0.758. The zero-order valence-corrected chi connectivity index (χ0v) is 15.2. The average molecular weight is 391 g/mol. The molecule has 0 spiro atoms. The molecule has 1 aromatic carbocycles. The number of fused-ring (bicyclic) bond motifs is 7. The van der Waals surface area contributed by atoms with Gasteiger partial charge in [0.15, 0.2) is 0 Å². The third kappa shape index (κ3) is 2.28. The summed E-state index contributed by atoms with van der Waals surface area (Å²) in [6, 6.07) is 0.992. The number of rotatable bonds is 1. The Morgan fingerprint density at radius 1 is 1.41 bits per heavy atom. The molecule has 1 aromatic heterocycles. The number of carbonyl (C=O) groups is 1. The molecule has 5 rings (SSSR count). The number of ether oxygens (including phenoxy) is 1. The fourth-order valence-electron chi connectivity index (χ4n) is 4.52. The van der Waals surface area contributed by atoms with E-state index in [2.05, 4.69) is 0 Å². The number of pyridine rings is 1. The summed E-state index contributed by atoms with van der Waals surface area (Å²) in [7, 11) is 0. The lowest BCUT2D eigenvalue weighted by Crippen LogP contribution is -2.42. The van der Waals surface area contributed by atoms with E-state index in [0.717, 1.165) is 6.42 Å². The highest BCUT2D eigenvalue weighted by Gasteiger charge is 2.38. The van der Waals surface area contributed by atoms with E-state index < -0.39 is 17.2 Å². The number of anilines is 1. The van der Waals surface area contributed by atoms with Crippen LogP contribution in [0.5, 0.6) is 0 Å². The molecule has 3 aliphatic rings. The Hall–Kier alpha value is -2.10. The van der Waals surface area contributed by atoms with Gasteiger partial charge in [0.2, 0.25) is 5.43 Å². The van der Waals surface area contributed by atoms with Crippen molar-refractivity contribution in [3.63, 3.8) is 0 Å². The van der Waals surface area contributed by atoms with E-state index in [1.54, 1.807) is 0 Å². The fourth-order valence-corrected chi connectivity index (χ4v) is 5.65. The van der Waals surface area contributed by atoms with Crippen molar-refractivity contribution in [2.24, 2.45) is 5.73 Å². The number of aromatic nitrogens is 1. The lowest BCUT2D eigenvalue weighted by Gasteiger charge is -2.28. The van der Waals surface area contributed by atoms with Crippen molar-refractivity contribution in [2.75, 3.05) is 23.8 Å². The molecule has 3 aliphatic heterocycles. The van der Waals surface area contributed by atoms with Gasteiger partial charge in [-0.1, -0.05) is 0 Å². The van der Waals surface area contributed by atoms with Crippen LogP contribution in [0.25, 0.3) is 10.9 Å². The molecule has 142 valence electrons. The van der Waals surface area contributed by atoms with Crippen LogP contribution in [0.4, 0.5) is 10.1 Å². The van der Waals surface area contributed by atoms with Gasteiger partial charge < -0.3 is 25.0 Å². The van der Waals surface area contributed by atoms with Gasteiger partial charge in [0.25, 0.3) is 0 Å². The number of nitrogens with two attached hydrogens (primary N) is 1. The van der Waals surface area contributed by atoms with E-state index in [1.807, 2.05) is 9.47 Å². The molecule has 2 unspecified atom stereocenters. The van der Waals surface area contributed by atoms with Crippen LogP contribution in [0.1, 0.15) is 22.3 Å². The normalized spacial score (nSPS) is 23.9. The number of hydrogen-bond donors (Lipinski definition) is 2. The minimum Gasteiger partial charge on any atom is -0.477 e. The second kappa shape index (κ2) is 5.95. The molecule has 0 radical (unpaired) electrons. The van der Waals surface area contributed by atoms with Gasteiger partial charge in [-0.2, -0.15) is 0 Å². The Labute approximate surface area is 157 Å². The van der Waals surface area contributed by atoms with E-state index in [9.17, 15) is 14.7 Å². The maximum Gasteiger partial charge on any atom is 0.342 e. The average Bonchev–Trinajstić information content (AvgIpc) is 3.17. The third-order valence-corrected chi connectivity index (χ3v) is 6.80. The van der Waals surface area contributed by atoms with E-state index in [1.165, 1.54) is 17.8 Å². The summed E-state index contributed by atoms with van der Waals surface area (Å²) in [5.74, 6) is -1.14. The predicted octanol–water partition coefficient (Wildman–Crippen LogP) is 1.38. The van der Waals surface area contributed by atoms with Crippen molar-refractivity contribution < 1.29 is 19.0 Å². The van der Waals surface area contributed by atoms with Crippen LogP contribution in [0.3, 0.4) is 0 Å². The number of benzene rings is 1. The Morgan fingerprint density at radius 3 is 3.00 bits per heavy atom. The summed E-state index contributed by atoms with van der Waals surface area (Å²) in [5.41, 5.74) is 6.89. The van der Waals surface area contributed by atoms with Crippen molar-refractivity contribution in [1.29, 1.82) is 0 Å². The van der Waals surface area contributed by atoms with Crippen LogP contribution < -0.4 is 16.1 Å². The molecule has 9 heteroatoms. The van der Waals surface area contributed by atoms with Gasteiger partial charge in [0.1, 0.15) is 11.4 Å². The molecule has 2 atom stereocenters. The summed E-state index contributed by atoms with van der Waals surface area (Å²) in [6.45, 7) is 1.76. The molecule has 1 saturated heterocycles. The van der Waals surface area contributed by atoms with E-state index in [0.29, 0.717) is 47.2 Å².